The van der Waals surface area contributed by atoms with Crippen molar-refractivity contribution >= 4 is 18.9 Å². The van der Waals surface area contributed by atoms with Crippen LogP contribution in [0.4, 0.5) is 0 Å². The van der Waals surface area contributed by atoms with E-state index in [1.54, 1.807) is 12.4 Å². The van der Waals surface area contributed by atoms with Gasteiger partial charge in [-0.1, -0.05) is 0 Å². The molecule has 0 aliphatic rings. The van der Waals surface area contributed by atoms with Gasteiger partial charge in [0.2, 0.25) is 0 Å². The van der Waals surface area contributed by atoms with Crippen LogP contribution >= 0.6 is 0 Å². The van der Waals surface area contributed by atoms with Crippen LogP contribution in [-0.4, -0.2) is 45.9 Å². The van der Waals surface area contributed by atoms with Crippen LogP contribution in [0.25, 0.3) is 0 Å². The maximum atomic E-state index is 10.2. The number of rotatable bonds is 4. The van der Waals surface area contributed by atoms with E-state index in [9.17, 15) is 5.11 Å². The van der Waals surface area contributed by atoms with Gasteiger partial charge in [0.05, 0.1) is 0 Å². The van der Waals surface area contributed by atoms with Crippen LogP contribution in [0.15, 0.2) is 24.5 Å². The summed E-state index contributed by atoms with van der Waals surface area (Å²) in [6, 6.07) is 4.33. The van der Waals surface area contributed by atoms with E-state index in [0.29, 0.717) is 12.1 Å². The van der Waals surface area contributed by atoms with E-state index in [4.69, 9.17) is 0 Å². The molecular formula is C12H21LiN2O. The SMILES string of the molecule is CC(C)N(C(C)C)C(O)c1ccncc1.[LiH]. The molecule has 0 aliphatic heterocycles. The Balaban J connectivity index is 0.00000225. The molecule has 3 nitrogen and oxygen atoms in total. The predicted octanol–water partition coefficient (Wildman–Crippen LogP) is 1.54. The zero-order chi connectivity index (χ0) is 11.4. The van der Waals surface area contributed by atoms with Crippen molar-refractivity contribution in [3.8, 4) is 0 Å². The summed E-state index contributed by atoms with van der Waals surface area (Å²) >= 11 is 0. The Morgan fingerprint density at radius 1 is 1.06 bits per heavy atom. The Kier molecular flexibility index (Phi) is 6.94. The van der Waals surface area contributed by atoms with Crippen LogP contribution < -0.4 is 0 Å². The fourth-order valence-corrected chi connectivity index (χ4v) is 1.87. The number of aliphatic hydroxyl groups is 1. The van der Waals surface area contributed by atoms with E-state index in [1.165, 1.54) is 0 Å². The van der Waals surface area contributed by atoms with Crippen molar-refractivity contribution in [2.24, 2.45) is 0 Å². The molecule has 0 saturated carbocycles. The van der Waals surface area contributed by atoms with Gasteiger partial charge in [-0.25, -0.2) is 0 Å². The van der Waals surface area contributed by atoms with Crippen molar-refractivity contribution < 1.29 is 5.11 Å². The van der Waals surface area contributed by atoms with Gasteiger partial charge in [0.15, 0.2) is 0 Å². The van der Waals surface area contributed by atoms with Gasteiger partial charge >= 0.3 is 18.9 Å². The molecule has 1 heterocycles. The monoisotopic (exact) mass is 216 g/mol. The van der Waals surface area contributed by atoms with Gasteiger partial charge in [-0.3, -0.25) is 9.88 Å². The molecule has 0 aliphatic carbocycles. The summed E-state index contributed by atoms with van der Waals surface area (Å²) in [5.74, 6) is 0. The molecule has 1 aromatic heterocycles. The number of aliphatic hydroxyl groups excluding tert-OH is 1. The Hall–Kier alpha value is -0.333. The first kappa shape index (κ1) is 15.7. The standard InChI is InChI=1S/C12H20N2O.Li.H/c1-9(2)14(10(3)4)12(15)11-5-7-13-8-6-11;;/h5-10,12,15H,1-4H3;;. The van der Waals surface area contributed by atoms with Crippen molar-refractivity contribution in [2.75, 3.05) is 0 Å². The summed E-state index contributed by atoms with van der Waals surface area (Å²) in [5.41, 5.74) is 0.896. The van der Waals surface area contributed by atoms with Gasteiger partial charge in [-0.05, 0) is 45.4 Å². The van der Waals surface area contributed by atoms with Crippen LogP contribution in [-0.2, 0) is 0 Å². The molecule has 1 unspecified atom stereocenters. The summed E-state index contributed by atoms with van der Waals surface area (Å²) < 4.78 is 0. The maximum absolute atomic E-state index is 10.2. The first-order valence-corrected chi connectivity index (χ1v) is 5.39. The van der Waals surface area contributed by atoms with Crippen molar-refractivity contribution in [3.63, 3.8) is 0 Å². The first-order chi connectivity index (χ1) is 7.04. The van der Waals surface area contributed by atoms with Crippen LogP contribution in [0.1, 0.15) is 39.5 Å². The average molecular weight is 216 g/mol. The summed E-state index contributed by atoms with van der Waals surface area (Å²) in [4.78, 5) is 6.01. The molecular weight excluding hydrogens is 195 g/mol. The van der Waals surface area contributed by atoms with Crippen LogP contribution in [0.3, 0.4) is 0 Å². The van der Waals surface area contributed by atoms with Gasteiger partial charge in [0.1, 0.15) is 6.23 Å². The van der Waals surface area contributed by atoms with E-state index in [-0.39, 0.29) is 18.9 Å². The van der Waals surface area contributed by atoms with Crippen LogP contribution in [0.5, 0.6) is 0 Å². The predicted molar refractivity (Wildman–Crippen MR) is 68.5 cm³/mol. The molecule has 1 aromatic rings. The minimum absolute atomic E-state index is 0. The van der Waals surface area contributed by atoms with E-state index in [0.717, 1.165) is 5.56 Å². The Bertz CT molecular complexity index is 282. The summed E-state index contributed by atoms with van der Waals surface area (Å²) in [6.07, 6.45) is 2.86. The molecule has 0 amide bonds. The fraction of sp³-hybridized carbons (Fsp3) is 0.583. The molecule has 0 saturated heterocycles. The molecule has 0 bridgehead atoms. The molecule has 4 heteroatoms. The molecule has 86 valence electrons. The number of hydrogen-bond donors (Lipinski definition) is 1. The molecule has 0 fully saturated rings. The number of pyridine rings is 1. The van der Waals surface area contributed by atoms with Crippen LogP contribution in [0.2, 0.25) is 0 Å². The molecule has 16 heavy (non-hydrogen) atoms. The van der Waals surface area contributed by atoms with E-state index >= 15 is 0 Å². The second kappa shape index (κ2) is 7.08. The summed E-state index contributed by atoms with van der Waals surface area (Å²) in [6.45, 7) is 8.35. The zero-order valence-corrected chi connectivity index (χ0v) is 9.88. The molecule has 0 radical (unpaired) electrons. The second-order valence-corrected chi connectivity index (χ2v) is 4.29. The van der Waals surface area contributed by atoms with E-state index < -0.39 is 6.23 Å². The average Bonchev–Trinajstić information content (AvgIpc) is 2.18. The van der Waals surface area contributed by atoms with Crippen molar-refractivity contribution in [3.05, 3.63) is 30.1 Å². The molecule has 0 aromatic carbocycles. The molecule has 0 spiro atoms. The number of aromatic nitrogens is 1. The molecule has 1 N–H and O–H groups in total. The van der Waals surface area contributed by atoms with E-state index in [2.05, 4.69) is 37.6 Å². The number of hydrogen-bond acceptors (Lipinski definition) is 3. The number of nitrogens with zero attached hydrogens (tertiary/aromatic N) is 2. The van der Waals surface area contributed by atoms with Gasteiger partial charge in [0, 0.05) is 24.5 Å². The third-order valence-electron chi connectivity index (χ3n) is 2.48. The summed E-state index contributed by atoms with van der Waals surface area (Å²) in [5, 5.41) is 10.2. The Morgan fingerprint density at radius 3 is 1.88 bits per heavy atom. The molecule has 1 rings (SSSR count). The fourth-order valence-electron chi connectivity index (χ4n) is 1.87. The molecule has 1 atom stereocenters. The second-order valence-electron chi connectivity index (χ2n) is 4.29. The normalized spacial score (nSPS) is 13.0. The van der Waals surface area contributed by atoms with Gasteiger partial charge in [-0.15, -0.1) is 0 Å². The first-order valence-electron chi connectivity index (χ1n) is 5.39. The third-order valence-corrected chi connectivity index (χ3v) is 2.48. The van der Waals surface area contributed by atoms with Crippen molar-refractivity contribution in [2.45, 2.75) is 46.0 Å². The van der Waals surface area contributed by atoms with Gasteiger partial charge in [0.25, 0.3) is 0 Å². The van der Waals surface area contributed by atoms with E-state index in [1.807, 2.05) is 12.1 Å². The van der Waals surface area contributed by atoms with Crippen LogP contribution in [0, 0.1) is 0 Å². The summed E-state index contributed by atoms with van der Waals surface area (Å²) in [7, 11) is 0. The van der Waals surface area contributed by atoms with Crippen molar-refractivity contribution in [1.29, 1.82) is 0 Å². The third kappa shape index (κ3) is 3.92. The Morgan fingerprint density at radius 2 is 1.50 bits per heavy atom. The minimum atomic E-state index is -0.548. The quantitative estimate of drug-likeness (QED) is 0.612. The zero-order valence-electron chi connectivity index (χ0n) is 9.88. The van der Waals surface area contributed by atoms with Crippen molar-refractivity contribution in [1.82, 2.24) is 9.88 Å². The Labute approximate surface area is 110 Å². The van der Waals surface area contributed by atoms with Gasteiger partial charge in [-0.2, -0.15) is 0 Å². The van der Waals surface area contributed by atoms with Gasteiger partial charge < -0.3 is 5.11 Å². The topological polar surface area (TPSA) is 36.4 Å².